The highest BCUT2D eigenvalue weighted by Crippen LogP contribution is 2.53. The Morgan fingerprint density at radius 1 is 1.31 bits per heavy atom. The highest BCUT2D eigenvalue weighted by atomic mass is 16.7. The number of hydrogen-bond donors (Lipinski definition) is 5. The molecule has 1 saturated carbocycles. The lowest BCUT2D eigenvalue weighted by Crippen LogP contribution is -2.60. The summed E-state index contributed by atoms with van der Waals surface area (Å²) in [5.74, 6) is -1.21. The SMILES string of the molecule is C=C(C(=O)O)[C@H]1C=C2[C@@H](C)CCC[C@]2(C)[C@@H](O[C@@H]2O[C@H](CO)[C@@H](O)[C@H](O)[C@H]2O)C1. The van der Waals surface area contributed by atoms with Gasteiger partial charge in [0.15, 0.2) is 6.29 Å². The number of carbonyl (C=O) groups is 1. The van der Waals surface area contributed by atoms with Crippen LogP contribution in [-0.2, 0) is 14.3 Å². The van der Waals surface area contributed by atoms with Crippen LogP contribution in [0.4, 0.5) is 0 Å². The lowest BCUT2D eigenvalue weighted by atomic mass is 9.59. The van der Waals surface area contributed by atoms with Crippen LogP contribution < -0.4 is 0 Å². The molecular weight excluding hydrogens is 380 g/mol. The van der Waals surface area contributed by atoms with Gasteiger partial charge in [0.25, 0.3) is 0 Å². The second-order valence-electron chi connectivity index (χ2n) is 8.83. The van der Waals surface area contributed by atoms with Crippen LogP contribution >= 0.6 is 0 Å². The van der Waals surface area contributed by atoms with E-state index in [2.05, 4.69) is 20.4 Å². The lowest BCUT2D eigenvalue weighted by Gasteiger charge is -2.51. The molecule has 2 fully saturated rings. The summed E-state index contributed by atoms with van der Waals surface area (Å²) < 4.78 is 11.7. The van der Waals surface area contributed by atoms with Gasteiger partial charge in [0.05, 0.1) is 12.7 Å². The van der Waals surface area contributed by atoms with Crippen LogP contribution in [0, 0.1) is 17.3 Å². The predicted octanol–water partition coefficient (Wildman–Crippen LogP) is 0.585. The molecule has 2 aliphatic carbocycles. The summed E-state index contributed by atoms with van der Waals surface area (Å²) >= 11 is 0. The Balaban J connectivity index is 1.89. The average molecular weight is 412 g/mol. The van der Waals surface area contributed by atoms with Crippen molar-refractivity contribution in [3.05, 3.63) is 23.8 Å². The maximum Gasteiger partial charge on any atom is 0.331 e. The van der Waals surface area contributed by atoms with Crippen molar-refractivity contribution in [2.24, 2.45) is 17.3 Å². The molecule has 164 valence electrons. The third kappa shape index (κ3) is 4.02. The van der Waals surface area contributed by atoms with Gasteiger partial charge in [-0.25, -0.2) is 4.79 Å². The van der Waals surface area contributed by atoms with Crippen molar-refractivity contribution in [1.29, 1.82) is 0 Å². The first-order valence-electron chi connectivity index (χ1n) is 10.2. The number of ether oxygens (including phenoxy) is 2. The highest BCUT2D eigenvalue weighted by Gasteiger charge is 2.51. The van der Waals surface area contributed by atoms with Crippen molar-refractivity contribution in [1.82, 2.24) is 0 Å². The van der Waals surface area contributed by atoms with Crippen molar-refractivity contribution < 1.29 is 39.8 Å². The van der Waals surface area contributed by atoms with Gasteiger partial charge in [-0.3, -0.25) is 0 Å². The topological polar surface area (TPSA) is 137 Å². The molecule has 1 aliphatic heterocycles. The van der Waals surface area contributed by atoms with Crippen LogP contribution in [0.5, 0.6) is 0 Å². The molecule has 0 radical (unpaired) electrons. The van der Waals surface area contributed by atoms with Gasteiger partial charge >= 0.3 is 5.97 Å². The minimum Gasteiger partial charge on any atom is -0.478 e. The summed E-state index contributed by atoms with van der Waals surface area (Å²) in [6.07, 6.45) is -2.05. The molecule has 0 aromatic carbocycles. The molecule has 1 saturated heterocycles. The molecule has 5 N–H and O–H groups in total. The van der Waals surface area contributed by atoms with E-state index in [0.29, 0.717) is 6.42 Å². The molecule has 0 bridgehead atoms. The minimum absolute atomic E-state index is 0.0831. The molecular formula is C21H32O8. The molecule has 9 atom stereocenters. The predicted molar refractivity (Wildman–Crippen MR) is 103 cm³/mol. The minimum atomic E-state index is -1.52. The van der Waals surface area contributed by atoms with E-state index in [4.69, 9.17) is 9.47 Å². The number of rotatable bonds is 5. The van der Waals surface area contributed by atoms with E-state index >= 15 is 0 Å². The van der Waals surface area contributed by atoms with Gasteiger partial charge in [-0.05, 0) is 25.2 Å². The van der Waals surface area contributed by atoms with Gasteiger partial charge in [0.1, 0.15) is 24.4 Å². The Bertz CT molecular complexity index is 674. The first kappa shape index (κ1) is 22.4. The van der Waals surface area contributed by atoms with Crippen molar-refractivity contribution >= 4 is 5.97 Å². The monoisotopic (exact) mass is 412 g/mol. The fourth-order valence-corrected chi connectivity index (χ4v) is 5.06. The van der Waals surface area contributed by atoms with Gasteiger partial charge in [-0.15, -0.1) is 0 Å². The van der Waals surface area contributed by atoms with Crippen LogP contribution in [0.25, 0.3) is 0 Å². The van der Waals surface area contributed by atoms with Crippen LogP contribution in [0.2, 0.25) is 0 Å². The molecule has 0 spiro atoms. The number of hydrogen-bond acceptors (Lipinski definition) is 7. The molecule has 8 nitrogen and oxygen atoms in total. The quantitative estimate of drug-likeness (QED) is 0.327. The normalized spacial score (nSPS) is 45.2. The van der Waals surface area contributed by atoms with Gasteiger partial charge < -0.3 is 35.0 Å². The summed E-state index contributed by atoms with van der Waals surface area (Å²) in [5, 5.41) is 49.3. The van der Waals surface area contributed by atoms with E-state index in [1.165, 1.54) is 0 Å². The largest absolute Gasteiger partial charge is 0.478 e. The van der Waals surface area contributed by atoms with E-state index in [-0.39, 0.29) is 16.9 Å². The first-order chi connectivity index (χ1) is 13.6. The second-order valence-corrected chi connectivity index (χ2v) is 8.83. The summed E-state index contributed by atoms with van der Waals surface area (Å²) in [4.78, 5) is 11.5. The van der Waals surface area contributed by atoms with Crippen LogP contribution in [0.1, 0.15) is 39.5 Å². The smallest absolute Gasteiger partial charge is 0.331 e. The number of carboxylic acids is 1. The van der Waals surface area contributed by atoms with Crippen molar-refractivity contribution in [2.75, 3.05) is 6.61 Å². The van der Waals surface area contributed by atoms with E-state index in [1.807, 2.05) is 6.08 Å². The van der Waals surface area contributed by atoms with Gasteiger partial charge in [-0.1, -0.05) is 38.5 Å². The Kier molecular flexibility index (Phi) is 6.53. The zero-order valence-corrected chi connectivity index (χ0v) is 16.9. The van der Waals surface area contributed by atoms with Crippen LogP contribution in [-0.4, -0.2) is 74.9 Å². The highest BCUT2D eigenvalue weighted by molar-refractivity contribution is 5.86. The summed E-state index contributed by atoms with van der Waals surface area (Å²) in [7, 11) is 0. The van der Waals surface area contributed by atoms with Crippen molar-refractivity contribution in [3.63, 3.8) is 0 Å². The standard InChI is InChI=1S/C21H32O8/c1-10-5-4-6-21(3)13(10)7-12(11(2)19(26)27)8-15(21)29-20-18(25)17(24)16(23)14(9-22)28-20/h7,10,12,14-18,20,22-25H,2,4-6,8-9H2,1,3H3,(H,26,27)/t10-,12-,14+,15-,16+,17-,18+,20-,21-/m0/s1. The van der Waals surface area contributed by atoms with Crippen LogP contribution in [0.3, 0.4) is 0 Å². The Morgan fingerprint density at radius 3 is 2.62 bits per heavy atom. The number of fused-ring (bicyclic) bond motifs is 1. The zero-order chi connectivity index (χ0) is 21.5. The summed E-state index contributed by atoms with van der Waals surface area (Å²) in [6, 6.07) is 0. The van der Waals surface area contributed by atoms with E-state index < -0.39 is 55.3 Å². The molecule has 29 heavy (non-hydrogen) atoms. The number of carboxylic acid groups (broad SMARTS) is 1. The third-order valence-corrected chi connectivity index (χ3v) is 6.95. The molecule has 0 amide bonds. The van der Waals surface area contributed by atoms with E-state index in [9.17, 15) is 30.3 Å². The maximum absolute atomic E-state index is 11.5. The Labute approximate surface area is 170 Å². The molecule has 8 heteroatoms. The lowest BCUT2D eigenvalue weighted by molar-refractivity contribution is -0.320. The third-order valence-electron chi connectivity index (χ3n) is 6.95. The number of aliphatic carboxylic acids is 1. The molecule has 0 aromatic heterocycles. The fraction of sp³-hybridized carbons (Fsp3) is 0.762. The summed E-state index contributed by atoms with van der Waals surface area (Å²) in [5.41, 5.74) is 0.836. The number of aliphatic hydroxyl groups is 4. The van der Waals surface area contributed by atoms with E-state index in [0.717, 1.165) is 24.8 Å². The van der Waals surface area contributed by atoms with E-state index in [1.54, 1.807) is 0 Å². The first-order valence-corrected chi connectivity index (χ1v) is 10.2. The average Bonchev–Trinajstić information content (AvgIpc) is 2.68. The van der Waals surface area contributed by atoms with Crippen molar-refractivity contribution in [3.8, 4) is 0 Å². The zero-order valence-electron chi connectivity index (χ0n) is 16.9. The van der Waals surface area contributed by atoms with Crippen molar-refractivity contribution in [2.45, 2.75) is 76.3 Å². The Morgan fingerprint density at radius 2 is 2.00 bits per heavy atom. The molecule has 0 unspecified atom stereocenters. The van der Waals surface area contributed by atoms with Gasteiger partial charge in [0.2, 0.25) is 0 Å². The van der Waals surface area contributed by atoms with Crippen LogP contribution in [0.15, 0.2) is 23.8 Å². The number of aliphatic hydroxyl groups excluding tert-OH is 4. The maximum atomic E-state index is 11.5. The number of allylic oxidation sites excluding steroid dienone is 1. The molecule has 3 rings (SSSR count). The Hall–Kier alpha value is -1.29. The molecule has 1 heterocycles. The van der Waals surface area contributed by atoms with Gasteiger partial charge in [-0.2, -0.15) is 0 Å². The second kappa shape index (κ2) is 8.45. The fourth-order valence-electron chi connectivity index (χ4n) is 5.06. The molecule has 3 aliphatic rings. The van der Waals surface area contributed by atoms with Gasteiger partial charge in [0, 0.05) is 16.9 Å². The molecule has 0 aromatic rings. The summed E-state index contributed by atoms with van der Waals surface area (Å²) in [6.45, 7) is 7.37.